The highest BCUT2D eigenvalue weighted by molar-refractivity contribution is 7.11. The Morgan fingerprint density at radius 1 is 1.45 bits per heavy atom. The van der Waals surface area contributed by atoms with Gasteiger partial charge in [-0.3, -0.25) is 9.78 Å². The molecule has 1 amide bonds. The van der Waals surface area contributed by atoms with Crippen LogP contribution in [0.2, 0.25) is 0 Å². The second-order valence-electron chi connectivity index (χ2n) is 5.91. The summed E-state index contributed by atoms with van der Waals surface area (Å²) in [6.07, 6.45) is 6.13. The molecule has 0 radical (unpaired) electrons. The van der Waals surface area contributed by atoms with Crippen molar-refractivity contribution < 1.29 is 4.79 Å². The third kappa shape index (κ3) is 3.35. The number of aryl methyl sites for hydroxylation is 2. The van der Waals surface area contributed by atoms with E-state index in [1.807, 2.05) is 17.0 Å². The van der Waals surface area contributed by atoms with Gasteiger partial charge in [-0.05, 0) is 38.3 Å². The molecule has 1 unspecified atom stereocenters. The summed E-state index contributed by atoms with van der Waals surface area (Å²) in [4.78, 5) is 24.5. The number of thiazole rings is 1. The van der Waals surface area contributed by atoms with Crippen LogP contribution in [0.5, 0.6) is 0 Å². The summed E-state index contributed by atoms with van der Waals surface area (Å²) < 4.78 is 0. The van der Waals surface area contributed by atoms with Crippen molar-refractivity contribution in [2.45, 2.75) is 39.0 Å². The van der Waals surface area contributed by atoms with Crippen molar-refractivity contribution in [3.05, 3.63) is 45.7 Å². The fraction of sp³-hybridized carbons (Fsp3) is 0.471. The Bertz CT molecular complexity index is 634. The third-order valence-corrected chi connectivity index (χ3v) is 5.48. The predicted octanol–water partition coefficient (Wildman–Crippen LogP) is 3.10. The van der Waals surface area contributed by atoms with Gasteiger partial charge in [0, 0.05) is 36.3 Å². The van der Waals surface area contributed by atoms with E-state index in [2.05, 4.69) is 23.8 Å². The number of pyridine rings is 1. The Hall–Kier alpha value is -1.75. The topological polar surface area (TPSA) is 46.1 Å². The van der Waals surface area contributed by atoms with Gasteiger partial charge in [0.05, 0.1) is 17.1 Å². The van der Waals surface area contributed by atoms with E-state index in [0.29, 0.717) is 12.3 Å². The predicted molar refractivity (Wildman–Crippen MR) is 88.1 cm³/mol. The first kappa shape index (κ1) is 15.2. The lowest BCUT2D eigenvalue weighted by atomic mass is 9.98. The van der Waals surface area contributed by atoms with E-state index in [9.17, 15) is 4.79 Å². The lowest BCUT2D eigenvalue weighted by Gasteiger charge is -2.32. The molecular formula is C17H21N3OS. The molecule has 1 atom stereocenters. The summed E-state index contributed by atoms with van der Waals surface area (Å²) in [5.74, 6) is 0.590. The Labute approximate surface area is 135 Å². The average Bonchev–Trinajstić information content (AvgIpc) is 2.88. The van der Waals surface area contributed by atoms with E-state index < -0.39 is 0 Å². The minimum Gasteiger partial charge on any atom is -0.342 e. The van der Waals surface area contributed by atoms with Crippen molar-refractivity contribution in [1.29, 1.82) is 0 Å². The van der Waals surface area contributed by atoms with Crippen LogP contribution >= 0.6 is 11.3 Å². The number of amides is 1. The van der Waals surface area contributed by atoms with Crippen molar-refractivity contribution >= 4 is 17.2 Å². The van der Waals surface area contributed by atoms with E-state index in [4.69, 9.17) is 0 Å². The number of rotatable bonds is 3. The highest BCUT2D eigenvalue weighted by Gasteiger charge is 2.26. The number of piperidine rings is 1. The van der Waals surface area contributed by atoms with Crippen molar-refractivity contribution in [3.63, 3.8) is 0 Å². The number of hydrogen-bond acceptors (Lipinski definition) is 4. The normalized spacial score (nSPS) is 18.5. The summed E-state index contributed by atoms with van der Waals surface area (Å²) in [6.45, 7) is 5.83. The molecule has 1 saturated heterocycles. The maximum absolute atomic E-state index is 12.5. The van der Waals surface area contributed by atoms with E-state index in [1.165, 1.54) is 9.88 Å². The van der Waals surface area contributed by atoms with Crippen LogP contribution in [0.3, 0.4) is 0 Å². The van der Waals surface area contributed by atoms with Crippen molar-refractivity contribution in [3.8, 4) is 0 Å². The highest BCUT2D eigenvalue weighted by Crippen LogP contribution is 2.31. The molecule has 0 saturated carbocycles. The number of carbonyl (C=O) groups excluding carboxylic acids is 1. The first-order chi connectivity index (χ1) is 10.6. The first-order valence-electron chi connectivity index (χ1n) is 7.74. The van der Waals surface area contributed by atoms with Crippen molar-refractivity contribution in [2.24, 2.45) is 0 Å². The first-order valence-corrected chi connectivity index (χ1v) is 8.55. The van der Waals surface area contributed by atoms with Crippen LogP contribution in [0, 0.1) is 13.8 Å². The molecular weight excluding hydrogens is 294 g/mol. The Balaban J connectivity index is 1.66. The number of nitrogens with zero attached hydrogens (tertiary/aromatic N) is 3. The zero-order valence-electron chi connectivity index (χ0n) is 13.1. The van der Waals surface area contributed by atoms with Crippen molar-refractivity contribution in [1.82, 2.24) is 14.9 Å². The molecule has 1 aliphatic heterocycles. The molecule has 0 bridgehead atoms. The summed E-state index contributed by atoms with van der Waals surface area (Å²) in [7, 11) is 0. The van der Waals surface area contributed by atoms with Crippen LogP contribution in [-0.2, 0) is 11.2 Å². The van der Waals surface area contributed by atoms with E-state index in [1.54, 1.807) is 23.7 Å². The Kier molecular flexibility index (Phi) is 4.52. The zero-order valence-corrected chi connectivity index (χ0v) is 13.9. The van der Waals surface area contributed by atoms with Crippen LogP contribution in [0.4, 0.5) is 0 Å². The largest absolute Gasteiger partial charge is 0.342 e. The molecule has 1 fully saturated rings. The lowest BCUT2D eigenvalue weighted by molar-refractivity contribution is -0.131. The molecule has 4 nitrogen and oxygen atoms in total. The minimum atomic E-state index is 0.197. The smallest absolute Gasteiger partial charge is 0.227 e. The molecule has 0 N–H and O–H groups in total. The Morgan fingerprint density at radius 3 is 3.00 bits per heavy atom. The van der Waals surface area contributed by atoms with Crippen LogP contribution in [0.15, 0.2) is 24.5 Å². The maximum atomic E-state index is 12.5. The van der Waals surface area contributed by atoms with Gasteiger partial charge < -0.3 is 4.90 Å². The molecule has 2 aromatic heterocycles. The van der Waals surface area contributed by atoms with Crippen LogP contribution < -0.4 is 0 Å². The SMILES string of the molecule is Cc1nc(C2CCCN(C(=O)Cc3cccnc3)C2)sc1C. The number of aromatic nitrogens is 2. The van der Waals surface area contributed by atoms with E-state index >= 15 is 0 Å². The fourth-order valence-corrected chi connectivity index (χ4v) is 3.92. The number of likely N-dealkylation sites (tertiary alicyclic amines) is 1. The van der Waals surface area contributed by atoms with Crippen molar-refractivity contribution in [2.75, 3.05) is 13.1 Å². The quantitative estimate of drug-likeness (QED) is 0.874. The van der Waals surface area contributed by atoms with Gasteiger partial charge >= 0.3 is 0 Å². The Morgan fingerprint density at radius 2 is 2.32 bits per heavy atom. The number of hydrogen-bond donors (Lipinski definition) is 0. The van der Waals surface area contributed by atoms with Gasteiger partial charge in [0.2, 0.25) is 5.91 Å². The average molecular weight is 315 g/mol. The standard InChI is InChI=1S/C17H21N3OS/c1-12-13(2)22-17(19-12)15-6-4-8-20(11-15)16(21)9-14-5-3-7-18-10-14/h3,5,7,10,15H,4,6,8-9,11H2,1-2H3. The van der Waals surface area contributed by atoms with Crippen LogP contribution in [-0.4, -0.2) is 33.9 Å². The molecule has 1 aliphatic rings. The van der Waals surface area contributed by atoms with Gasteiger partial charge in [-0.1, -0.05) is 6.07 Å². The summed E-state index contributed by atoms with van der Waals surface area (Å²) in [5, 5.41) is 1.19. The molecule has 116 valence electrons. The van der Waals surface area contributed by atoms with Gasteiger partial charge in [0.1, 0.15) is 0 Å². The number of carbonyl (C=O) groups is 1. The van der Waals surface area contributed by atoms with E-state index in [-0.39, 0.29) is 5.91 Å². The molecule has 0 aliphatic carbocycles. The summed E-state index contributed by atoms with van der Waals surface area (Å²) >= 11 is 1.78. The summed E-state index contributed by atoms with van der Waals surface area (Å²) in [6, 6.07) is 3.84. The van der Waals surface area contributed by atoms with Crippen LogP contribution in [0.25, 0.3) is 0 Å². The molecule has 3 heterocycles. The lowest BCUT2D eigenvalue weighted by Crippen LogP contribution is -2.39. The van der Waals surface area contributed by atoms with Gasteiger partial charge in [-0.2, -0.15) is 0 Å². The summed E-state index contributed by atoms with van der Waals surface area (Å²) in [5.41, 5.74) is 2.11. The molecule has 0 aromatic carbocycles. The molecule has 3 rings (SSSR count). The third-order valence-electron chi connectivity index (χ3n) is 4.25. The van der Waals surface area contributed by atoms with E-state index in [0.717, 1.165) is 37.2 Å². The second kappa shape index (κ2) is 6.57. The molecule has 0 spiro atoms. The van der Waals surface area contributed by atoms with Crippen LogP contribution in [0.1, 0.15) is 39.9 Å². The maximum Gasteiger partial charge on any atom is 0.227 e. The monoisotopic (exact) mass is 315 g/mol. The minimum absolute atomic E-state index is 0.197. The highest BCUT2D eigenvalue weighted by atomic mass is 32.1. The van der Waals surface area contributed by atoms with Gasteiger partial charge in [-0.15, -0.1) is 11.3 Å². The van der Waals surface area contributed by atoms with Gasteiger partial charge in [0.15, 0.2) is 0 Å². The van der Waals surface area contributed by atoms with Gasteiger partial charge in [-0.25, -0.2) is 4.98 Å². The van der Waals surface area contributed by atoms with Gasteiger partial charge in [0.25, 0.3) is 0 Å². The zero-order chi connectivity index (χ0) is 15.5. The fourth-order valence-electron chi connectivity index (χ4n) is 2.87. The molecule has 2 aromatic rings. The molecule has 5 heteroatoms. The molecule has 22 heavy (non-hydrogen) atoms. The second-order valence-corrected chi connectivity index (χ2v) is 7.15.